The minimum absolute atomic E-state index is 0.212. The van der Waals surface area contributed by atoms with E-state index in [1.807, 2.05) is 30.3 Å². The van der Waals surface area contributed by atoms with Gasteiger partial charge in [0.1, 0.15) is 24.5 Å². The van der Waals surface area contributed by atoms with E-state index in [-0.39, 0.29) is 5.78 Å². The lowest BCUT2D eigenvalue weighted by atomic mass is 10.1. The third-order valence-electron chi connectivity index (χ3n) is 6.95. The van der Waals surface area contributed by atoms with Gasteiger partial charge < -0.3 is 19.2 Å². The van der Waals surface area contributed by atoms with Crippen molar-refractivity contribution < 1.29 is 19.0 Å². The number of nitrogens with one attached hydrogen (secondary N) is 1. The summed E-state index contributed by atoms with van der Waals surface area (Å²) in [6.45, 7) is 11.3. The number of fused-ring (bicyclic) bond motifs is 2. The molecule has 0 unspecified atom stereocenters. The number of ether oxygens (including phenoxy) is 3. The maximum atomic E-state index is 11.3. The van der Waals surface area contributed by atoms with Gasteiger partial charge in [0.25, 0.3) is 0 Å². The molecule has 2 aromatic carbocycles. The Bertz CT molecular complexity index is 1430. The molecule has 37 heavy (non-hydrogen) atoms. The normalized spacial score (nSPS) is 14.8. The van der Waals surface area contributed by atoms with Crippen LogP contribution in [-0.2, 0) is 4.79 Å². The largest absolute Gasteiger partial charge is 0.493 e. The summed E-state index contributed by atoms with van der Waals surface area (Å²) in [5.74, 6) is 2.62. The average Bonchev–Trinajstić information content (AvgIpc) is 3.17. The molecule has 9 nitrogen and oxygen atoms in total. The number of hydrogen-bond donors (Lipinski definition) is 1. The molecule has 1 saturated heterocycles. The molecule has 0 saturated carbocycles. The highest BCUT2D eigenvalue weighted by Crippen LogP contribution is 2.36. The molecule has 0 aliphatic carbocycles. The predicted octanol–water partition coefficient (Wildman–Crippen LogP) is 4.11. The minimum Gasteiger partial charge on any atom is -0.493 e. The van der Waals surface area contributed by atoms with Crippen LogP contribution in [0.4, 0.5) is 0 Å². The fourth-order valence-electron chi connectivity index (χ4n) is 4.78. The van der Waals surface area contributed by atoms with E-state index in [0.717, 1.165) is 54.7 Å². The number of piperazine rings is 1. The van der Waals surface area contributed by atoms with Gasteiger partial charge in [0.2, 0.25) is 5.88 Å². The maximum Gasteiger partial charge on any atom is 0.230 e. The molecule has 194 valence electrons. The Kier molecular flexibility index (Phi) is 7.25. The number of ketones is 1. The van der Waals surface area contributed by atoms with Gasteiger partial charge in [0.05, 0.1) is 24.6 Å². The Labute approximate surface area is 216 Å². The molecule has 9 heteroatoms. The Morgan fingerprint density at radius 2 is 1.78 bits per heavy atom. The molecule has 0 bridgehead atoms. The van der Waals surface area contributed by atoms with Gasteiger partial charge in [-0.3, -0.25) is 14.6 Å². The van der Waals surface area contributed by atoms with Crippen molar-refractivity contribution in [1.82, 2.24) is 24.8 Å². The Morgan fingerprint density at radius 1 is 1.00 bits per heavy atom. The zero-order chi connectivity index (χ0) is 25.9. The second kappa shape index (κ2) is 10.7. The zero-order valence-corrected chi connectivity index (χ0v) is 21.8. The van der Waals surface area contributed by atoms with Crippen LogP contribution in [-0.4, -0.2) is 83.5 Å². The average molecular weight is 504 g/mol. The fraction of sp³-hybridized carbons (Fsp3) is 0.393. The number of aromatic nitrogens is 3. The molecule has 3 heterocycles. The van der Waals surface area contributed by atoms with E-state index in [1.165, 1.54) is 11.9 Å². The van der Waals surface area contributed by atoms with Crippen molar-refractivity contribution in [2.45, 2.75) is 20.8 Å². The first-order valence-electron chi connectivity index (χ1n) is 12.6. The summed E-state index contributed by atoms with van der Waals surface area (Å²) in [6.07, 6.45) is 1.50. The van der Waals surface area contributed by atoms with Gasteiger partial charge in [-0.25, -0.2) is 9.97 Å². The summed E-state index contributed by atoms with van der Waals surface area (Å²) < 4.78 is 18.0. The molecular formula is C28H33N5O4. The molecule has 0 atom stereocenters. The lowest BCUT2D eigenvalue weighted by Crippen LogP contribution is -2.48. The van der Waals surface area contributed by atoms with Crippen LogP contribution in [0.5, 0.6) is 23.1 Å². The van der Waals surface area contributed by atoms with Crippen LogP contribution in [0, 0.1) is 13.8 Å². The molecule has 1 fully saturated rings. The number of aryl methyl sites for hydroxylation is 2. The first-order valence-corrected chi connectivity index (χ1v) is 12.6. The highest BCUT2D eigenvalue weighted by atomic mass is 16.5. The van der Waals surface area contributed by atoms with Gasteiger partial charge in [-0.1, -0.05) is 0 Å². The van der Waals surface area contributed by atoms with Gasteiger partial charge >= 0.3 is 0 Å². The molecule has 5 rings (SSSR count). The van der Waals surface area contributed by atoms with Gasteiger partial charge in [-0.2, -0.15) is 0 Å². The number of rotatable bonds is 9. The van der Waals surface area contributed by atoms with Crippen LogP contribution < -0.4 is 14.2 Å². The van der Waals surface area contributed by atoms with Crippen molar-refractivity contribution in [3.63, 3.8) is 0 Å². The lowest BCUT2D eigenvalue weighted by Gasteiger charge is -2.34. The van der Waals surface area contributed by atoms with E-state index >= 15 is 0 Å². The quantitative estimate of drug-likeness (QED) is 0.365. The zero-order valence-electron chi connectivity index (χ0n) is 21.8. The maximum absolute atomic E-state index is 11.3. The first-order chi connectivity index (χ1) is 17.9. The molecule has 1 aliphatic heterocycles. The van der Waals surface area contributed by atoms with Crippen molar-refractivity contribution in [3.8, 4) is 23.1 Å². The number of methoxy groups -OCH3 is 1. The Morgan fingerprint density at radius 3 is 2.54 bits per heavy atom. The lowest BCUT2D eigenvalue weighted by molar-refractivity contribution is -0.118. The first kappa shape index (κ1) is 25.0. The SMILES string of the molecule is COc1cc2c(Oc3ccc4[nH]c(C)c(C)c4c3)ncnc2cc1OCCN1CCN(CC(C)=O)CC1. The Balaban J connectivity index is 1.28. The molecule has 2 aromatic heterocycles. The van der Waals surface area contributed by atoms with Gasteiger partial charge in [-0.15, -0.1) is 0 Å². The van der Waals surface area contributed by atoms with Gasteiger partial charge in [0.15, 0.2) is 11.5 Å². The molecule has 0 radical (unpaired) electrons. The molecule has 0 spiro atoms. The molecule has 4 aromatic rings. The van der Waals surface area contributed by atoms with Crippen molar-refractivity contribution >= 4 is 27.6 Å². The highest BCUT2D eigenvalue weighted by molar-refractivity contribution is 5.88. The topological polar surface area (TPSA) is 92.8 Å². The number of aromatic amines is 1. The minimum atomic E-state index is 0.212. The molecule has 1 aliphatic rings. The number of benzene rings is 2. The monoisotopic (exact) mass is 503 g/mol. The number of carbonyl (C=O) groups is 1. The summed E-state index contributed by atoms with van der Waals surface area (Å²) in [7, 11) is 1.62. The van der Waals surface area contributed by atoms with Crippen molar-refractivity contribution in [2.24, 2.45) is 0 Å². The summed E-state index contributed by atoms with van der Waals surface area (Å²) in [5.41, 5.74) is 4.14. The van der Waals surface area contributed by atoms with Crippen LogP contribution in [0.2, 0.25) is 0 Å². The molecule has 0 amide bonds. The fourth-order valence-corrected chi connectivity index (χ4v) is 4.78. The van der Waals surface area contributed by atoms with E-state index in [1.54, 1.807) is 14.0 Å². The van der Waals surface area contributed by atoms with E-state index < -0.39 is 0 Å². The number of H-pyrrole nitrogens is 1. The second-order valence-corrected chi connectivity index (χ2v) is 9.55. The van der Waals surface area contributed by atoms with Gasteiger partial charge in [-0.05, 0) is 50.6 Å². The van der Waals surface area contributed by atoms with Crippen LogP contribution in [0.3, 0.4) is 0 Å². The number of carbonyl (C=O) groups excluding carboxylic acids is 1. The summed E-state index contributed by atoms with van der Waals surface area (Å²) >= 11 is 0. The number of hydrogen-bond acceptors (Lipinski definition) is 8. The van der Waals surface area contributed by atoms with E-state index in [2.05, 4.69) is 38.6 Å². The van der Waals surface area contributed by atoms with Gasteiger partial charge in [0, 0.05) is 55.4 Å². The molecular weight excluding hydrogens is 470 g/mol. The van der Waals surface area contributed by atoms with Crippen LogP contribution in [0.15, 0.2) is 36.7 Å². The summed E-state index contributed by atoms with van der Waals surface area (Å²) in [5, 5.41) is 1.87. The van der Waals surface area contributed by atoms with Crippen molar-refractivity contribution in [2.75, 3.05) is 53.0 Å². The second-order valence-electron chi connectivity index (χ2n) is 9.55. The van der Waals surface area contributed by atoms with Crippen molar-refractivity contribution in [3.05, 3.63) is 47.9 Å². The standard InChI is InChI=1S/C28H33N5O4/c1-18(34)16-33-9-7-32(8-10-33)11-12-36-27-15-25-23(14-26(27)35-4)28(30-17-29-25)37-21-5-6-24-22(13-21)19(2)20(3)31-24/h5-6,13-15,17,31H,7-12,16H2,1-4H3. The van der Waals surface area contributed by atoms with Crippen molar-refractivity contribution in [1.29, 1.82) is 0 Å². The third-order valence-corrected chi connectivity index (χ3v) is 6.95. The smallest absolute Gasteiger partial charge is 0.230 e. The van der Waals surface area contributed by atoms with Crippen LogP contribution in [0.1, 0.15) is 18.2 Å². The van der Waals surface area contributed by atoms with E-state index in [0.29, 0.717) is 41.8 Å². The number of nitrogens with zero attached hydrogens (tertiary/aromatic N) is 4. The highest BCUT2D eigenvalue weighted by Gasteiger charge is 2.18. The number of Topliss-reactive ketones (excluding diaryl/α,β-unsaturated/α-hetero) is 1. The van der Waals surface area contributed by atoms with E-state index in [4.69, 9.17) is 14.2 Å². The summed E-state index contributed by atoms with van der Waals surface area (Å²) in [6, 6.07) is 9.71. The summed E-state index contributed by atoms with van der Waals surface area (Å²) in [4.78, 5) is 28.1. The third kappa shape index (κ3) is 5.52. The van der Waals surface area contributed by atoms with E-state index in [9.17, 15) is 4.79 Å². The van der Waals surface area contributed by atoms with Crippen LogP contribution >= 0.6 is 0 Å². The van der Waals surface area contributed by atoms with Crippen LogP contribution in [0.25, 0.3) is 21.8 Å². The molecule has 1 N–H and O–H groups in total. The Hall–Kier alpha value is -3.69. The predicted molar refractivity (Wildman–Crippen MR) is 143 cm³/mol.